The number of para-hydroxylation sites is 1. The number of methoxy groups -OCH3 is 1. The summed E-state index contributed by atoms with van der Waals surface area (Å²) in [7, 11) is 1.59. The Morgan fingerprint density at radius 2 is 1.48 bits per heavy atom. The van der Waals surface area contributed by atoms with E-state index in [1.54, 1.807) is 43.5 Å². The predicted octanol–water partition coefficient (Wildman–Crippen LogP) is 1.21. The largest absolute Gasteiger partial charge is 0.497 e. The van der Waals surface area contributed by atoms with E-state index in [1.165, 1.54) is 0 Å². The lowest BCUT2D eigenvalue weighted by Gasteiger charge is -1.98. The quantitative estimate of drug-likeness (QED) is 0.514. The molecule has 0 bridgehead atoms. The number of ether oxygens (including phenoxy) is 1. The van der Waals surface area contributed by atoms with E-state index in [4.69, 9.17) is 4.74 Å². The van der Waals surface area contributed by atoms with Crippen molar-refractivity contribution < 1.29 is 4.74 Å². The molecule has 0 radical (unpaired) electrons. The SMILES string of the molecule is COc1ccc(C=c2[nH]c(=O)c(=Cc3cc4ccccc4[nH]3)[nH]c2=O)cc1. The molecule has 2 heterocycles. The molecule has 0 amide bonds. The molecule has 0 aliphatic rings. The van der Waals surface area contributed by atoms with Gasteiger partial charge in [0.05, 0.1) is 7.11 Å². The summed E-state index contributed by atoms with van der Waals surface area (Å²) in [6.45, 7) is 0. The Morgan fingerprint density at radius 3 is 2.15 bits per heavy atom. The molecule has 0 unspecified atom stereocenters. The molecule has 0 saturated carbocycles. The van der Waals surface area contributed by atoms with Crippen LogP contribution in [0.5, 0.6) is 5.75 Å². The monoisotopic (exact) mass is 359 g/mol. The average Bonchev–Trinajstić information content (AvgIpc) is 3.09. The van der Waals surface area contributed by atoms with E-state index in [-0.39, 0.29) is 21.8 Å². The van der Waals surface area contributed by atoms with Gasteiger partial charge in [-0.3, -0.25) is 9.59 Å². The molecular weight excluding hydrogens is 342 g/mol. The highest BCUT2D eigenvalue weighted by Crippen LogP contribution is 2.14. The molecule has 6 heteroatoms. The van der Waals surface area contributed by atoms with E-state index in [0.29, 0.717) is 0 Å². The number of aromatic nitrogens is 3. The lowest BCUT2D eigenvalue weighted by Crippen LogP contribution is -2.46. The summed E-state index contributed by atoms with van der Waals surface area (Å²) in [4.78, 5) is 33.3. The molecule has 0 aliphatic carbocycles. The van der Waals surface area contributed by atoms with Crippen molar-refractivity contribution in [3.8, 4) is 5.75 Å². The first-order valence-electron chi connectivity index (χ1n) is 8.40. The van der Waals surface area contributed by atoms with Gasteiger partial charge in [-0.25, -0.2) is 0 Å². The number of benzene rings is 2. The zero-order chi connectivity index (χ0) is 18.8. The van der Waals surface area contributed by atoms with Gasteiger partial charge < -0.3 is 19.7 Å². The summed E-state index contributed by atoms with van der Waals surface area (Å²) in [5.74, 6) is 0.720. The predicted molar refractivity (Wildman–Crippen MR) is 105 cm³/mol. The Kier molecular flexibility index (Phi) is 4.22. The molecule has 4 rings (SSSR count). The average molecular weight is 359 g/mol. The van der Waals surface area contributed by atoms with Gasteiger partial charge in [-0.15, -0.1) is 0 Å². The number of rotatable bonds is 3. The molecule has 0 spiro atoms. The van der Waals surface area contributed by atoms with Crippen molar-refractivity contribution in [3.63, 3.8) is 0 Å². The van der Waals surface area contributed by atoms with Crippen LogP contribution in [0.2, 0.25) is 0 Å². The molecule has 4 aromatic rings. The maximum absolute atomic E-state index is 12.4. The molecule has 2 aromatic heterocycles. The van der Waals surface area contributed by atoms with Crippen molar-refractivity contribution in [2.75, 3.05) is 7.11 Å². The number of hydrogen-bond donors (Lipinski definition) is 3. The Balaban J connectivity index is 1.78. The van der Waals surface area contributed by atoms with Crippen LogP contribution in [0.3, 0.4) is 0 Å². The highest BCUT2D eigenvalue weighted by atomic mass is 16.5. The number of nitrogens with one attached hydrogen (secondary N) is 3. The van der Waals surface area contributed by atoms with Crippen molar-refractivity contribution in [1.82, 2.24) is 15.0 Å². The molecule has 2 aromatic carbocycles. The zero-order valence-electron chi connectivity index (χ0n) is 14.6. The summed E-state index contributed by atoms with van der Waals surface area (Å²) in [5, 5.41) is 1.42. The molecule has 0 atom stereocenters. The molecule has 0 aliphatic heterocycles. The van der Waals surface area contributed by atoms with Crippen LogP contribution in [0, 0.1) is 0 Å². The Labute approximate surface area is 153 Å². The first-order chi connectivity index (χ1) is 13.1. The Hall–Kier alpha value is -3.80. The molecule has 0 saturated heterocycles. The Bertz CT molecular complexity index is 1310. The number of aromatic amines is 3. The normalized spacial score (nSPS) is 12.6. The molecule has 27 heavy (non-hydrogen) atoms. The summed E-state index contributed by atoms with van der Waals surface area (Å²) in [6, 6.07) is 16.9. The fourth-order valence-electron chi connectivity index (χ4n) is 2.89. The third-order valence-corrected chi connectivity index (χ3v) is 4.26. The molecule has 134 valence electrons. The van der Waals surface area contributed by atoms with Crippen molar-refractivity contribution in [2.24, 2.45) is 0 Å². The third-order valence-electron chi connectivity index (χ3n) is 4.26. The molecular formula is C21H17N3O3. The standard InChI is InChI=1S/C21H17N3O3/c1-27-16-8-6-13(7-9-16)10-18-20(25)24-19(21(26)23-18)12-15-11-14-4-2-3-5-17(14)22-15/h2-12,22H,1H3,(H,23,26)(H,24,25). The van der Waals surface area contributed by atoms with Crippen molar-refractivity contribution in [1.29, 1.82) is 0 Å². The van der Waals surface area contributed by atoms with Gasteiger partial charge in [-0.1, -0.05) is 30.3 Å². The van der Waals surface area contributed by atoms with Crippen molar-refractivity contribution in [2.45, 2.75) is 0 Å². The summed E-state index contributed by atoms with van der Waals surface area (Å²) in [6.07, 6.45) is 3.24. The van der Waals surface area contributed by atoms with E-state index in [9.17, 15) is 9.59 Å². The fourth-order valence-corrected chi connectivity index (χ4v) is 2.89. The highest BCUT2D eigenvalue weighted by Gasteiger charge is 2.00. The molecule has 3 N–H and O–H groups in total. The third kappa shape index (κ3) is 3.46. The minimum Gasteiger partial charge on any atom is -0.497 e. The minimum absolute atomic E-state index is 0.193. The van der Waals surface area contributed by atoms with Gasteiger partial charge >= 0.3 is 0 Å². The van der Waals surface area contributed by atoms with E-state index in [0.717, 1.165) is 27.9 Å². The van der Waals surface area contributed by atoms with Gasteiger partial charge in [0.15, 0.2) is 0 Å². The van der Waals surface area contributed by atoms with E-state index in [1.807, 2.05) is 30.3 Å². The summed E-state index contributed by atoms with van der Waals surface area (Å²) < 4.78 is 5.11. The summed E-state index contributed by atoms with van der Waals surface area (Å²) in [5.41, 5.74) is 1.75. The first kappa shape index (κ1) is 16.7. The van der Waals surface area contributed by atoms with Gasteiger partial charge in [0, 0.05) is 11.2 Å². The maximum atomic E-state index is 12.4. The van der Waals surface area contributed by atoms with Crippen LogP contribution in [0.4, 0.5) is 0 Å². The van der Waals surface area contributed by atoms with E-state index < -0.39 is 0 Å². The topological polar surface area (TPSA) is 90.7 Å². The molecule has 0 fully saturated rings. The smallest absolute Gasteiger partial charge is 0.272 e. The molecule has 6 nitrogen and oxygen atoms in total. The second kappa shape index (κ2) is 6.84. The van der Waals surface area contributed by atoms with Gasteiger partial charge in [0.2, 0.25) is 0 Å². The van der Waals surface area contributed by atoms with Gasteiger partial charge in [0.25, 0.3) is 11.1 Å². The van der Waals surface area contributed by atoms with Crippen LogP contribution in [0.15, 0.2) is 64.2 Å². The lowest BCUT2D eigenvalue weighted by atomic mass is 10.2. The zero-order valence-corrected chi connectivity index (χ0v) is 14.6. The fraction of sp³-hybridized carbons (Fsp3) is 0.0476. The van der Waals surface area contributed by atoms with Crippen LogP contribution in [0.1, 0.15) is 11.3 Å². The van der Waals surface area contributed by atoms with Crippen LogP contribution in [-0.4, -0.2) is 22.1 Å². The second-order valence-corrected chi connectivity index (χ2v) is 6.11. The summed E-state index contributed by atoms with van der Waals surface area (Å²) >= 11 is 0. The number of H-pyrrole nitrogens is 3. The van der Waals surface area contributed by atoms with Gasteiger partial charge in [0.1, 0.15) is 16.4 Å². The van der Waals surface area contributed by atoms with E-state index >= 15 is 0 Å². The Morgan fingerprint density at radius 1 is 0.815 bits per heavy atom. The lowest BCUT2D eigenvalue weighted by molar-refractivity contribution is 0.415. The van der Waals surface area contributed by atoms with Crippen LogP contribution < -0.4 is 26.6 Å². The van der Waals surface area contributed by atoms with E-state index in [2.05, 4.69) is 15.0 Å². The van der Waals surface area contributed by atoms with Crippen molar-refractivity contribution in [3.05, 3.63) is 97.3 Å². The van der Waals surface area contributed by atoms with Crippen LogP contribution in [0.25, 0.3) is 23.1 Å². The van der Waals surface area contributed by atoms with Crippen molar-refractivity contribution >= 4 is 23.1 Å². The highest BCUT2D eigenvalue weighted by molar-refractivity contribution is 5.82. The maximum Gasteiger partial charge on any atom is 0.272 e. The second-order valence-electron chi connectivity index (χ2n) is 6.11. The van der Waals surface area contributed by atoms with Gasteiger partial charge in [-0.2, -0.15) is 0 Å². The van der Waals surface area contributed by atoms with Crippen LogP contribution in [-0.2, 0) is 0 Å². The van der Waals surface area contributed by atoms with Crippen LogP contribution >= 0.6 is 0 Å². The number of hydrogen-bond acceptors (Lipinski definition) is 3. The van der Waals surface area contributed by atoms with Gasteiger partial charge in [-0.05, 0) is 47.4 Å². The first-order valence-corrected chi connectivity index (χ1v) is 8.40. The minimum atomic E-state index is -0.368. The number of fused-ring (bicyclic) bond motifs is 1.